The predicted octanol–water partition coefficient (Wildman–Crippen LogP) is 4.04. The third-order valence-electron chi connectivity index (χ3n) is 3.10. The average Bonchev–Trinajstić information content (AvgIpc) is 2.52. The number of rotatable bonds is 6. The number of hydrogen-bond donors (Lipinski definition) is 0. The van der Waals surface area contributed by atoms with Crippen LogP contribution in [-0.4, -0.2) is 11.5 Å². The van der Waals surface area contributed by atoms with Crippen LogP contribution in [0, 0.1) is 17.1 Å². The molecule has 5 heteroatoms. The van der Waals surface area contributed by atoms with Crippen LogP contribution in [0.4, 0.5) is 10.1 Å². The number of alkyl halides is 1. The van der Waals surface area contributed by atoms with Gasteiger partial charge in [-0.3, -0.25) is 4.98 Å². The summed E-state index contributed by atoms with van der Waals surface area (Å²) in [6, 6.07) is 11.1. The zero-order valence-corrected chi connectivity index (χ0v) is 13.1. The number of hydrogen-bond acceptors (Lipinski definition) is 3. The van der Waals surface area contributed by atoms with E-state index in [9.17, 15) is 4.39 Å². The SMILES string of the molecule is N#CCCN(Cc1cccnc1)c1ccc(CBr)cc1F. The number of nitriles is 1. The largest absolute Gasteiger partial charge is 0.364 e. The van der Waals surface area contributed by atoms with Crippen molar-refractivity contribution in [3.8, 4) is 6.07 Å². The zero-order valence-electron chi connectivity index (χ0n) is 11.5. The Kier molecular flexibility index (Phi) is 5.70. The molecule has 1 aromatic carbocycles. The Morgan fingerprint density at radius 1 is 1.29 bits per heavy atom. The van der Waals surface area contributed by atoms with E-state index in [1.54, 1.807) is 18.5 Å². The van der Waals surface area contributed by atoms with Gasteiger partial charge in [0.15, 0.2) is 0 Å². The first-order valence-electron chi connectivity index (χ1n) is 6.60. The summed E-state index contributed by atoms with van der Waals surface area (Å²) in [4.78, 5) is 5.94. The second kappa shape index (κ2) is 7.75. The first-order valence-corrected chi connectivity index (χ1v) is 7.72. The lowest BCUT2D eigenvalue weighted by Crippen LogP contribution is -2.24. The summed E-state index contributed by atoms with van der Waals surface area (Å²) in [7, 11) is 0. The molecule has 108 valence electrons. The monoisotopic (exact) mass is 347 g/mol. The molecule has 2 rings (SSSR count). The number of pyridine rings is 1. The molecule has 2 aromatic rings. The van der Waals surface area contributed by atoms with Crippen molar-refractivity contribution >= 4 is 21.6 Å². The van der Waals surface area contributed by atoms with Gasteiger partial charge in [-0.15, -0.1) is 0 Å². The molecule has 0 radical (unpaired) electrons. The van der Waals surface area contributed by atoms with E-state index < -0.39 is 0 Å². The molecule has 0 saturated heterocycles. The molecular formula is C16H15BrFN3. The van der Waals surface area contributed by atoms with E-state index in [0.29, 0.717) is 30.5 Å². The predicted molar refractivity (Wildman–Crippen MR) is 84.5 cm³/mol. The normalized spacial score (nSPS) is 10.1. The van der Waals surface area contributed by atoms with Crippen molar-refractivity contribution < 1.29 is 4.39 Å². The maximum atomic E-state index is 14.3. The number of halogens is 2. The Balaban J connectivity index is 2.25. The topological polar surface area (TPSA) is 39.9 Å². The molecule has 0 amide bonds. The molecule has 3 nitrogen and oxygen atoms in total. The minimum absolute atomic E-state index is 0.270. The van der Waals surface area contributed by atoms with Crippen LogP contribution in [0.2, 0.25) is 0 Å². The Morgan fingerprint density at radius 2 is 2.14 bits per heavy atom. The van der Waals surface area contributed by atoms with Crippen LogP contribution in [0.5, 0.6) is 0 Å². The molecule has 0 unspecified atom stereocenters. The van der Waals surface area contributed by atoms with Gasteiger partial charge >= 0.3 is 0 Å². The van der Waals surface area contributed by atoms with Crippen molar-refractivity contribution in [2.75, 3.05) is 11.4 Å². The number of nitrogens with zero attached hydrogens (tertiary/aromatic N) is 3. The highest BCUT2D eigenvalue weighted by molar-refractivity contribution is 9.08. The van der Waals surface area contributed by atoms with Crippen LogP contribution in [0.1, 0.15) is 17.5 Å². The molecule has 0 N–H and O–H groups in total. The van der Waals surface area contributed by atoms with Gasteiger partial charge in [-0.2, -0.15) is 5.26 Å². The molecule has 0 saturated carbocycles. The van der Waals surface area contributed by atoms with E-state index in [0.717, 1.165) is 11.1 Å². The Morgan fingerprint density at radius 3 is 2.76 bits per heavy atom. The quantitative estimate of drug-likeness (QED) is 0.740. The fourth-order valence-electron chi connectivity index (χ4n) is 2.07. The molecule has 0 bridgehead atoms. The fraction of sp³-hybridized carbons (Fsp3) is 0.250. The van der Waals surface area contributed by atoms with E-state index in [2.05, 4.69) is 27.0 Å². The van der Waals surface area contributed by atoms with Gasteiger partial charge in [-0.1, -0.05) is 28.1 Å². The van der Waals surface area contributed by atoms with E-state index in [1.165, 1.54) is 6.07 Å². The van der Waals surface area contributed by atoms with Crippen LogP contribution in [0.25, 0.3) is 0 Å². The van der Waals surface area contributed by atoms with Gasteiger partial charge in [0.25, 0.3) is 0 Å². The summed E-state index contributed by atoms with van der Waals surface area (Å²) >= 11 is 3.32. The van der Waals surface area contributed by atoms with Gasteiger partial charge in [0.1, 0.15) is 5.82 Å². The molecule has 0 spiro atoms. The van der Waals surface area contributed by atoms with E-state index >= 15 is 0 Å². The Hall–Kier alpha value is -1.93. The van der Waals surface area contributed by atoms with Crippen molar-refractivity contribution in [2.45, 2.75) is 18.3 Å². The summed E-state index contributed by atoms with van der Waals surface area (Å²) in [6.07, 6.45) is 3.80. The molecule has 1 aromatic heterocycles. The third kappa shape index (κ3) is 4.27. The highest BCUT2D eigenvalue weighted by Gasteiger charge is 2.12. The summed E-state index contributed by atoms with van der Waals surface area (Å²) in [5.41, 5.74) is 2.39. The first-order chi connectivity index (χ1) is 10.2. The average molecular weight is 348 g/mol. The van der Waals surface area contributed by atoms with Crippen molar-refractivity contribution in [3.05, 3.63) is 59.7 Å². The Labute approximate surface area is 132 Å². The lowest BCUT2D eigenvalue weighted by atomic mass is 10.1. The van der Waals surface area contributed by atoms with Gasteiger partial charge < -0.3 is 4.90 Å². The van der Waals surface area contributed by atoms with Crippen molar-refractivity contribution in [1.82, 2.24) is 4.98 Å². The van der Waals surface area contributed by atoms with Gasteiger partial charge in [0.2, 0.25) is 0 Å². The van der Waals surface area contributed by atoms with E-state index in [4.69, 9.17) is 5.26 Å². The van der Waals surface area contributed by atoms with Crippen LogP contribution >= 0.6 is 15.9 Å². The van der Waals surface area contributed by atoms with Gasteiger partial charge in [-0.25, -0.2) is 4.39 Å². The standard InChI is InChI=1S/C16H15BrFN3/c17-10-13-4-5-16(15(18)9-13)21(8-2-6-19)12-14-3-1-7-20-11-14/h1,3-5,7,9,11H,2,8,10,12H2. The molecule has 0 aliphatic rings. The Bertz CT molecular complexity index is 625. The summed E-state index contributed by atoms with van der Waals surface area (Å²) in [5, 5.41) is 9.41. The number of benzene rings is 1. The van der Waals surface area contributed by atoms with Crippen LogP contribution in [0.15, 0.2) is 42.7 Å². The second-order valence-electron chi connectivity index (χ2n) is 4.61. The van der Waals surface area contributed by atoms with Crippen LogP contribution < -0.4 is 4.90 Å². The maximum absolute atomic E-state index is 14.3. The second-order valence-corrected chi connectivity index (χ2v) is 5.17. The lowest BCUT2D eigenvalue weighted by Gasteiger charge is -2.24. The molecular weight excluding hydrogens is 333 g/mol. The minimum Gasteiger partial charge on any atom is -0.364 e. The van der Waals surface area contributed by atoms with Crippen LogP contribution in [0.3, 0.4) is 0 Å². The van der Waals surface area contributed by atoms with Gasteiger partial charge in [0.05, 0.1) is 18.2 Å². The van der Waals surface area contributed by atoms with Crippen LogP contribution in [-0.2, 0) is 11.9 Å². The molecule has 0 aliphatic heterocycles. The maximum Gasteiger partial charge on any atom is 0.146 e. The number of anilines is 1. The number of aromatic nitrogens is 1. The molecule has 0 aliphatic carbocycles. The van der Waals surface area contributed by atoms with Gasteiger partial charge in [-0.05, 0) is 29.3 Å². The van der Waals surface area contributed by atoms with Crippen molar-refractivity contribution in [2.24, 2.45) is 0 Å². The smallest absolute Gasteiger partial charge is 0.146 e. The van der Waals surface area contributed by atoms with Crippen molar-refractivity contribution in [3.63, 3.8) is 0 Å². The third-order valence-corrected chi connectivity index (χ3v) is 3.74. The molecule has 0 atom stereocenters. The molecule has 0 fully saturated rings. The van der Waals surface area contributed by atoms with Gasteiger partial charge in [0, 0.05) is 30.8 Å². The van der Waals surface area contributed by atoms with E-state index in [1.807, 2.05) is 23.1 Å². The summed E-state index contributed by atoms with van der Waals surface area (Å²) < 4.78 is 14.3. The lowest BCUT2D eigenvalue weighted by molar-refractivity contribution is 0.615. The highest BCUT2D eigenvalue weighted by atomic mass is 79.9. The van der Waals surface area contributed by atoms with E-state index in [-0.39, 0.29) is 5.82 Å². The fourth-order valence-corrected chi connectivity index (χ4v) is 2.42. The zero-order chi connectivity index (χ0) is 15.1. The van der Waals surface area contributed by atoms with Crippen molar-refractivity contribution in [1.29, 1.82) is 5.26 Å². The molecule has 1 heterocycles. The summed E-state index contributed by atoms with van der Waals surface area (Å²) in [5.74, 6) is -0.270. The summed E-state index contributed by atoms with van der Waals surface area (Å²) in [6.45, 7) is 1.01. The minimum atomic E-state index is -0.270. The first kappa shape index (κ1) is 15.5. The molecule has 21 heavy (non-hydrogen) atoms. The highest BCUT2D eigenvalue weighted by Crippen LogP contribution is 2.23.